The maximum Gasteiger partial charge on any atom is 0.257 e. The Labute approximate surface area is 188 Å². The largest absolute Gasteiger partial charge is 0.298 e. The summed E-state index contributed by atoms with van der Waals surface area (Å²) in [7, 11) is -3.76. The van der Waals surface area contributed by atoms with Crippen LogP contribution in [0.25, 0.3) is 10.2 Å². The summed E-state index contributed by atoms with van der Waals surface area (Å²) in [6.45, 7) is 0.690. The number of hydrogen-bond donors (Lipinski definition) is 1. The zero-order valence-corrected chi connectivity index (χ0v) is 18.4. The van der Waals surface area contributed by atoms with Crippen molar-refractivity contribution in [3.8, 4) is 0 Å². The van der Waals surface area contributed by atoms with Crippen molar-refractivity contribution in [3.63, 3.8) is 0 Å². The minimum absolute atomic E-state index is 0.0657. The number of hydrogen-bond acceptors (Lipinski definition) is 5. The van der Waals surface area contributed by atoms with Crippen molar-refractivity contribution in [2.75, 3.05) is 11.9 Å². The van der Waals surface area contributed by atoms with E-state index in [-0.39, 0.29) is 16.3 Å². The van der Waals surface area contributed by atoms with Crippen LogP contribution >= 0.6 is 11.3 Å². The van der Waals surface area contributed by atoms with Gasteiger partial charge >= 0.3 is 0 Å². The monoisotopic (exact) mass is 467 g/mol. The van der Waals surface area contributed by atoms with Crippen LogP contribution in [0.2, 0.25) is 0 Å². The second-order valence-corrected chi connectivity index (χ2v) is 10.4. The zero-order valence-electron chi connectivity index (χ0n) is 16.8. The van der Waals surface area contributed by atoms with E-state index in [2.05, 4.69) is 10.3 Å². The van der Waals surface area contributed by atoms with Gasteiger partial charge in [0, 0.05) is 18.7 Å². The topological polar surface area (TPSA) is 79.4 Å². The molecule has 2 heterocycles. The summed E-state index contributed by atoms with van der Waals surface area (Å²) in [6.07, 6.45) is 0.647. The molecule has 4 aromatic rings. The minimum Gasteiger partial charge on any atom is -0.298 e. The van der Waals surface area contributed by atoms with Gasteiger partial charge in [-0.15, -0.1) is 0 Å². The lowest BCUT2D eigenvalue weighted by Crippen LogP contribution is -2.36. The van der Waals surface area contributed by atoms with Crippen molar-refractivity contribution in [2.45, 2.75) is 17.9 Å². The molecule has 1 aliphatic heterocycles. The molecule has 1 amide bonds. The number of carbonyl (C=O) groups is 1. The number of sulfonamides is 1. The molecule has 0 aliphatic carbocycles. The molecule has 6 nitrogen and oxygen atoms in total. The standard InChI is InChI=1S/C23H18FN3O3S2/c24-18-8-9-20-21(13-18)31-23(25-20)26-22(28)16-6-3-7-19(12-16)32(29,30)27-11-10-15-4-1-2-5-17(15)14-27/h1-9,12-13H,10-11,14H2,(H,25,26,28). The van der Waals surface area contributed by atoms with Gasteiger partial charge in [0.25, 0.3) is 5.91 Å². The van der Waals surface area contributed by atoms with Crippen molar-refractivity contribution in [3.05, 3.63) is 89.2 Å². The van der Waals surface area contributed by atoms with Crippen LogP contribution in [0.15, 0.2) is 71.6 Å². The number of anilines is 1. The van der Waals surface area contributed by atoms with Gasteiger partial charge in [0.15, 0.2) is 5.13 Å². The fourth-order valence-electron chi connectivity index (χ4n) is 3.74. The normalized spacial score (nSPS) is 14.3. The predicted molar refractivity (Wildman–Crippen MR) is 122 cm³/mol. The Balaban J connectivity index is 1.38. The molecule has 0 spiro atoms. The van der Waals surface area contributed by atoms with Crippen molar-refractivity contribution < 1.29 is 17.6 Å². The molecule has 3 aromatic carbocycles. The third-order valence-corrected chi connectivity index (χ3v) is 8.18. The third kappa shape index (κ3) is 3.90. The number of benzene rings is 3. The van der Waals surface area contributed by atoms with Crippen molar-refractivity contribution in [1.82, 2.24) is 9.29 Å². The van der Waals surface area contributed by atoms with Crippen LogP contribution in [0.1, 0.15) is 21.5 Å². The number of rotatable bonds is 4. The highest BCUT2D eigenvalue weighted by molar-refractivity contribution is 7.89. The number of amides is 1. The molecule has 32 heavy (non-hydrogen) atoms. The highest BCUT2D eigenvalue weighted by Crippen LogP contribution is 2.28. The van der Waals surface area contributed by atoms with E-state index in [1.807, 2.05) is 24.3 Å². The summed E-state index contributed by atoms with van der Waals surface area (Å²) in [5.41, 5.74) is 2.92. The first-order chi connectivity index (χ1) is 15.4. The molecule has 1 aromatic heterocycles. The van der Waals surface area contributed by atoms with E-state index >= 15 is 0 Å². The molecule has 9 heteroatoms. The van der Waals surface area contributed by atoms with Crippen LogP contribution in [0.4, 0.5) is 9.52 Å². The van der Waals surface area contributed by atoms with Gasteiger partial charge in [-0.3, -0.25) is 10.1 Å². The fourth-order valence-corrected chi connectivity index (χ4v) is 6.09. The van der Waals surface area contributed by atoms with E-state index in [1.165, 1.54) is 28.6 Å². The van der Waals surface area contributed by atoms with E-state index in [0.717, 1.165) is 22.5 Å². The molecule has 0 bridgehead atoms. The molecule has 0 unspecified atom stereocenters. The quantitative estimate of drug-likeness (QED) is 0.481. The Hall–Kier alpha value is -3.14. The summed E-state index contributed by atoms with van der Waals surface area (Å²) >= 11 is 1.15. The first-order valence-electron chi connectivity index (χ1n) is 9.94. The second kappa shape index (κ2) is 8.09. The van der Waals surface area contributed by atoms with E-state index in [0.29, 0.717) is 34.9 Å². The summed E-state index contributed by atoms with van der Waals surface area (Å²) in [6, 6.07) is 18.0. The maximum absolute atomic E-state index is 13.4. The lowest BCUT2D eigenvalue weighted by molar-refractivity contribution is 0.102. The Kier molecular flexibility index (Phi) is 5.24. The highest BCUT2D eigenvalue weighted by Gasteiger charge is 2.28. The highest BCUT2D eigenvalue weighted by atomic mass is 32.2. The van der Waals surface area contributed by atoms with E-state index in [9.17, 15) is 17.6 Å². The summed E-state index contributed by atoms with van der Waals surface area (Å²) < 4.78 is 41.9. The van der Waals surface area contributed by atoms with Crippen LogP contribution in [-0.2, 0) is 23.0 Å². The number of aromatic nitrogens is 1. The predicted octanol–water partition coefficient (Wildman–Crippen LogP) is 4.43. The summed E-state index contributed by atoms with van der Waals surface area (Å²) in [5, 5.41) is 2.99. The molecule has 5 rings (SSSR count). The first-order valence-corrected chi connectivity index (χ1v) is 12.2. The molecule has 0 atom stereocenters. The second-order valence-electron chi connectivity index (χ2n) is 7.47. The zero-order chi connectivity index (χ0) is 22.3. The Morgan fingerprint density at radius 3 is 2.69 bits per heavy atom. The first kappa shape index (κ1) is 20.7. The van der Waals surface area contributed by atoms with Gasteiger partial charge in [-0.1, -0.05) is 41.7 Å². The molecule has 0 saturated heterocycles. The van der Waals surface area contributed by atoms with Crippen molar-refractivity contribution in [1.29, 1.82) is 0 Å². The third-order valence-electron chi connectivity index (χ3n) is 5.40. The smallest absolute Gasteiger partial charge is 0.257 e. The van der Waals surface area contributed by atoms with Crippen molar-refractivity contribution >= 4 is 42.6 Å². The molecule has 0 saturated carbocycles. The van der Waals surface area contributed by atoms with Crippen LogP contribution in [0.3, 0.4) is 0 Å². The Morgan fingerprint density at radius 1 is 1.03 bits per heavy atom. The number of nitrogens with zero attached hydrogens (tertiary/aromatic N) is 2. The Morgan fingerprint density at radius 2 is 1.84 bits per heavy atom. The Bertz CT molecular complexity index is 1450. The van der Waals surface area contributed by atoms with Gasteiger partial charge < -0.3 is 0 Å². The van der Waals surface area contributed by atoms with Gasteiger partial charge in [0.2, 0.25) is 10.0 Å². The SMILES string of the molecule is O=C(Nc1nc2ccc(F)cc2s1)c1cccc(S(=O)(=O)N2CCc3ccccc3C2)c1. The van der Waals surface area contributed by atoms with Gasteiger partial charge in [-0.2, -0.15) is 4.31 Å². The molecule has 0 radical (unpaired) electrons. The lowest BCUT2D eigenvalue weighted by atomic mass is 10.0. The average molecular weight is 468 g/mol. The molecule has 0 fully saturated rings. The van der Waals surface area contributed by atoms with Crippen molar-refractivity contribution in [2.24, 2.45) is 0 Å². The maximum atomic E-state index is 13.4. The van der Waals surface area contributed by atoms with Crippen LogP contribution in [0.5, 0.6) is 0 Å². The molecule has 1 aliphatic rings. The van der Waals surface area contributed by atoms with Gasteiger partial charge in [-0.25, -0.2) is 17.8 Å². The van der Waals surface area contributed by atoms with Gasteiger partial charge in [0.05, 0.1) is 15.1 Å². The number of thiazole rings is 1. The van der Waals surface area contributed by atoms with Crippen LogP contribution in [-0.4, -0.2) is 30.2 Å². The number of halogens is 1. The number of nitrogens with one attached hydrogen (secondary N) is 1. The minimum atomic E-state index is -3.76. The molecular formula is C23H18FN3O3S2. The van der Waals surface area contributed by atoms with E-state index in [1.54, 1.807) is 18.2 Å². The molecular weight excluding hydrogens is 449 g/mol. The molecule has 162 valence electrons. The van der Waals surface area contributed by atoms with E-state index < -0.39 is 15.9 Å². The van der Waals surface area contributed by atoms with E-state index in [4.69, 9.17) is 0 Å². The lowest BCUT2D eigenvalue weighted by Gasteiger charge is -2.28. The summed E-state index contributed by atoms with van der Waals surface area (Å²) in [4.78, 5) is 17.1. The average Bonchev–Trinajstić information content (AvgIpc) is 3.20. The van der Waals surface area contributed by atoms with Crippen LogP contribution < -0.4 is 5.32 Å². The number of carbonyl (C=O) groups excluding carboxylic acids is 1. The van der Waals surface area contributed by atoms with Gasteiger partial charge in [0.1, 0.15) is 5.82 Å². The summed E-state index contributed by atoms with van der Waals surface area (Å²) in [5.74, 6) is -0.858. The number of fused-ring (bicyclic) bond motifs is 2. The molecule has 1 N–H and O–H groups in total. The fraction of sp³-hybridized carbons (Fsp3) is 0.130. The van der Waals surface area contributed by atoms with Gasteiger partial charge in [-0.05, 0) is 53.9 Å². The van der Waals surface area contributed by atoms with Crippen LogP contribution in [0, 0.1) is 5.82 Å².